The maximum absolute atomic E-state index is 11.7. The normalized spacial score (nSPS) is 10.7. The number of carbonyl (C=O) groups excluding carboxylic acids is 1. The zero-order chi connectivity index (χ0) is 16.8. The van der Waals surface area contributed by atoms with E-state index in [1.165, 1.54) is 24.4 Å². The first kappa shape index (κ1) is 16.2. The Balaban J connectivity index is 1.96. The number of aromatic hydroxyl groups is 1. The Morgan fingerprint density at radius 1 is 1.30 bits per heavy atom. The highest BCUT2D eigenvalue weighted by atomic mass is 16.6. The summed E-state index contributed by atoms with van der Waals surface area (Å²) in [6.07, 6.45) is 1.47. The molecule has 0 unspecified atom stereocenters. The Hall–Kier alpha value is -3.22. The number of phenols is 1. The number of nitro benzene ring substituents is 1. The molecular formula is C16H15N3O4. The molecular weight excluding hydrogens is 298 g/mol. The van der Waals surface area contributed by atoms with E-state index >= 15 is 0 Å². The van der Waals surface area contributed by atoms with Crippen molar-refractivity contribution in [2.24, 2.45) is 5.10 Å². The van der Waals surface area contributed by atoms with E-state index < -0.39 is 16.4 Å². The number of carbonyl (C=O) groups is 1. The lowest BCUT2D eigenvalue weighted by Gasteiger charge is -2.01. The molecule has 0 saturated heterocycles. The Kier molecular flexibility index (Phi) is 5.03. The van der Waals surface area contributed by atoms with Gasteiger partial charge in [-0.25, -0.2) is 5.43 Å². The summed E-state index contributed by atoms with van der Waals surface area (Å²) in [4.78, 5) is 21.8. The van der Waals surface area contributed by atoms with Crippen LogP contribution in [-0.4, -0.2) is 22.2 Å². The molecule has 7 heteroatoms. The van der Waals surface area contributed by atoms with Gasteiger partial charge in [-0.1, -0.05) is 29.8 Å². The van der Waals surface area contributed by atoms with E-state index in [4.69, 9.17) is 0 Å². The van der Waals surface area contributed by atoms with Gasteiger partial charge in [0.15, 0.2) is 5.75 Å². The third-order valence-electron chi connectivity index (χ3n) is 3.08. The van der Waals surface area contributed by atoms with Gasteiger partial charge in [0.1, 0.15) is 0 Å². The van der Waals surface area contributed by atoms with E-state index in [9.17, 15) is 20.0 Å². The van der Waals surface area contributed by atoms with Crippen molar-refractivity contribution >= 4 is 17.8 Å². The van der Waals surface area contributed by atoms with Crippen LogP contribution in [-0.2, 0) is 11.2 Å². The third-order valence-corrected chi connectivity index (χ3v) is 3.08. The van der Waals surface area contributed by atoms with Gasteiger partial charge in [-0.05, 0) is 24.6 Å². The fraction of sp³-hybridized carbons (Fsp3) is 0.125. The molecule has 23 heavy (non-hydrogen) atoms. The molecule has 0 spiro atoms. The number of hydrogen-bond donors (Lipinski definition) is 2. The predicted octanol–water partition coefficient (Wildman–Crippen LogP) is 2.30. The number of nitrogens with zero attached hydrogens (tertiary/aromatic N) is 2. The van der Waals surface area contributed by atoms with Crippen molar-refractivity contribution in [3.63, 3.8) is 0 Å². The molecule has 0 aromatic heterocycles. The predicted molar refractivity (Wildman–Crippen MR) is 85.4 cm³/mol. The van der Waals surface area contributed by atoms with E-state index in [0.29, 0.717) is 5.56 Å². The number of nitrogens with one attached hydrogen (secondary N) is 1. The quantitative estimate of drug-likeness (QED) is 0.502. The van der Waals surface area contributed by atoms with Crippen LogP contribution < -0.4 is 5.43 Å². The molecule has 0 aliphatic heterocycles. The molecule has 0 aliphatic carbocycles. The number of hydrogen-bond acceptors (Lipinski definition) is 5. The minimum Gasteiger partial charge on any atom is -0.502 e. The van der Waals surface area contributed by atoms with Crippen LogP contribution in [0.15, 0.2) is 47.6 Å². The summed E-state index contributed by atoms with van der Waals surface area (Å²) >= 11 is 0. The second-order valence-electron chi connectivity index (χ2n) is 4.96. The molecule has 2 aromatic carbocycles. The lowest BCUT2D eigenvalue weighted by molar-refractivity contribution is -0.385. The summed E-state index contributed by atoms with van der Waals surface area (Å²) in [5, 5.41) is 23.8. The van der Waals surface area contributed by atoms with Gasteiger partial charge in [-0.2, -0.15) is 5.10 Å². The van der Waals surface area contributed by atoms with E-state index in [2.05, 4.69) is 10.5 Å². The number of aryl methyl sites for hydroxylation is 1. The lowest BCUT2D eigenvalue weighted by Crippen LogP contribution is -2.19. The highest BCUT2D eigenvalue weighted by Gasteiger charge is 2.12. The van der Waals surface area contributed by atoms with Gasteiger partial charge >= 0.3 is 5.69 Å². The molecule has 0 heterocycles. The van der Waals surface area contributed by atoms with Crippen molar-refractivity contribution < 1.29 is 14.8 Å². The average Bonchev–Trinajstić information content (AvgIpc) is 2.51. The molecule has 0 fully saturated rings. The molecule has 1 amide bonds. The second-order valence-corrected chi connectivity index (χ2v) is 4.96. The minimum atomic E-state index is -0.692. The Morgan fingerprint density at radius 3 is 2.65 bits per heavy atom. The summed E-state index contributed by atoms with van der Waals surface area (Å²) in [5.41, 5.74) is 4.31. The Bertz CT molecular complexity index is 754. The number of hydrazone groups is 1. The molecule has 0 atom stereocenters. The zero-order valence-electron chi connectivity index (χ0n) is 12.4. The first-order valence-corrected chi connectivity index (χ1v) is 6.80. The first-order valence-electron chi connectivity index (χ1n) is 6.80. The van der Waals surface area contributed by atoms with E-state index in [0.717, 1.165) is 11.1 Å². The maximum Gasteiger partial charge on any atom is 0.311 e. The molecule has 2 rings (SSSR count). The molecule has 0 saturated carbocycles. The van der Waals surface area contributed by atoms with Gasteiger partial charge in [-0.15, -0.1) is 0 Å². The van der Waals surface area contributed by atoms with Crippen LogP contribution in [0.2, 0.25) is 0 Å². The standard InChI is InChI=1S/C16H15N3O4/c1-11-2-4-12(5-3-11)9-16(21)18-17-10-13-6-7-15(20)14(8-13)19(22)23/h2-8,10,20H,9H2,1H3,(H,18,21). The molecule has 2 N–H and O–H groups in total. The van der Waals surface area contributed by atoms with Crippen LogP contribution >= 0.6 is 0 Å². The molecule has 0 radical (unpaired) electrons. The largest absolute Gasteiger partial charge is 0.502 e. The Morgan fingerprint density at radius 2 is 2.00 bits per heavy atom. The number of benzene rings is 2. The van der Waals surface area contributed by atoms with Crippen molar-refractivity contribution in [1.82, 2.24) is 5.43 Å². The second kappa shape index (κ2) is 7.17. The summed E-state index contributed by atoms with van der Waals surface area (Å²) < 4.78 is 0. The van der Waals surface area contributed by atoms with Crippen LogP contribution in [0.4, 0.5) is 5.69 Å². The minimum absolute atomic E-state index is 0.188. The summed E-state index contributed by atoms with van der Waals surface area (Å²) in [6.45, 7) is 1.96. The van der Waals surface area contributed by atoms with Crippen molar-refractivity contribution in [3.05, 3.63) is 69.3 Å². The molecule has 0 aliphatic rings. The maximum atomic E-state index is 11.7. The van der Waals surface area contributed by atoms with Gasteiger partial charge < -0.3 is 5.11 Å². The van der Waals surface area contributed by atoms with Gasteiger partial charge in [-0.3, -0.25) is 14.9 Å². The van der Waals surface area contributed by atoms with Crippen LogP contribution in [0.1, 0.15) is 16.7 Å². The number of amides is 1. The topological polar surface area (TPSA) is 105 Å². The summed E-state index contributed by atoms with van der Waals surface area (Å²) in [5.74, 6) is -0.714. The average molecular weight is 313 g/mol. The van der Waals surface area contributed by atoms with E-state index in [1.54, 1.807) is 0 Å². The number of rotatable bonds is 5. The smallest absolute Gasteiger partial charge is 0.311 e. The van der Waals surface area contributed by atoms with Crippen LogP contribution in [0.3, 0.4) is 0 Å². The highest BCUT2D eigenvalue weighted by molar-refractivity contribution is 5.84. The summed E-state index contributed by atoms with van der Waals surface area (Å²) in [6, 6.07) is 11.4. The Labute approximate surface area is 132 Å². The van der Waals surface area contributed by atoms with Crippen molar-refractivity contribution in [3.8, 4) is 5.75 Å². The number of phenolic OH excluding ortho intramolecular Hbond substituents is 1. The van der Waals surface area contributed by atoms with Crippen molar-refractivity contribution in [2.75, 3.05) is 0 Å². The van der Waals surface area contributed by atoms with E-state index in [-0.39, 0.29) is 12.3 Å². The van der Waals surface area contributed by atoms with Crippen LogP contribution in [0.5, 0.6) is 5.75 Å². The van der Waals surface area contributed by atoms with E-state index in [1.807, 2.05) is 31.2 Å². The monoisotopic (exact) mass is 313 g/mol. The van der Waals surface area contributed by atoms with Gasteiger partial charge in [0.2, 0.25) is 5.91 Å². The highest BCUT2D eigenvalue weighted by Crippen LogP contribution is 2.25. The zero-order valence-corrected chi connectivity index (χ0v) is 12.4. The number of nitro groups is 1. The molecule has 118 valence electrons. The third kappa shape index (κ3) is 4.63. The van der Waals surface area contributed by atoms with Crippen molar-refractivity contribution in [1.29, 1.82) is 0 Å². The SMILES string of the molecule is Cc1ccc(CC(=O)NN=Cc2ccc(O)c([N+](=O)[O-])c2)cc1. The van der Waals surface area contributed by atoms with Crippen LogP contribution in [0.25, 0.3) is 0 Å². The van der Waals surface area contributed by atoms with Crippen LogP contribution in [0, 0.1) is 17.0 Å². The van der Waals surface area contributed by atoms with Gasteiger partial charge in [0.05, 0.1) is 17.6 Å². The fourth-order valence-corrected chi connectivity index (χ4v) is 1.88. The van der Waals surface area contributed by atoms with Crippen molar-refractivity contribution in [2.45, 2.75) is 13.3 Å². The van der Waals surface area contributed by atoms with Gasteiger partial charge in [0, 0.05) is 11.6 Å². The van der Waals surface area contributed by atoms with Gasteiger partial charge in [0.25, 0.3) is 0 Å². The molecule has 0 bridgehead atoms. The molecule has 7 nitrogen and oxygen atoms in total. The molecule has 2 aromatic rings. The first-order chi connectivity index (χ1) is 11.0. The lowest BCUT2D eigenvalue weighted by atomic mass is 10.1. The fourth-order valence-electron chi connectivity index (χ4n) is 1.88. The summed E-state index contributed by atoms with van der Waals surface area (Å²) in [7, 11) is 0.